The molecule has 1 aromatic carbocycles. The number of hydrogen-bond donors (Lipinski definition) is 0. The van der Waals surface area contributed by atoms with Crippen molar-refractivity contribution in [3.05, 3.63) is 35.4 Å². The molecule has 1 atom stereocenters. The zero-order valence-electron chi connectivity index (χ0n) is 7.82. The summed E-state index contributed by atoms with van der Waals surface area (Å²) in [5.41, 5.74) is 2.52. The molecule has 1 aliphatic rings. The van der Waals surface area contributed by atoms with Crippen molar-refractivity contribution in [2.75, 3.05) is 13.2 Å². The Labute approximate surface area is 78.5 Å². The number of benzene rings is 1. The summed E-state index contributed by atoms with van der Waals surface area (Å²) < 4.78 is 10.5. The maximum absolute atomic E-state index is 5.47. The van der Waals surface area contributed by atoms with Gasteiger partial charge in [0, 0.05) is 0 Å². The zero-order chi connectivity index (χ0) is 9.10. The van der Waals surface area contributed by atoms with E-state index in [4.69, 9.17) is 9.47 Å². The second kappa shape index (κ2) is 3.90. The predicted molar refractivity (Wildman–Crippen MR) is 50.6 cm³/mol. The van der Waals surface area contributed by atoms with Gasteiger partial charge < -0.3 is 9.47 Å². The minimum absolute atomic E-state index is 0.366. The molecule has 13 heavy (non-hydrogen) atoms. The highest BCUT2D eigenvalue weighted by Gasteiger charge is 2.22. The Morgan fingerprint density at radius 2 is 2.38 bits per heavy atom. The van der Waals surface area contributed by atoms with Gasteiger partial charge in [-0.05, 0) is 12.5 Å². The molecule has 1 unspecified atom stereocenters. The van der Waals surface area contributed by atoms with Crippen molar-refractivity contribution in [1.82, 2.24) is 0 Å². The molecule has 1 aromatic rings. The normalized spacial score (nSPS) is 20.2. The highest BCUT2D eigenvalue weighted by molar-refractivity contribution is 5.21. The second-order valence-corrected chi connectivity index (χ2v) is 3.46. The fourth-order valence-electron chi connectivity index (χ4n) is 1.27. The van der Waals surface area contributed by atoms with Crippen molar-refractivity contribution in [2.45, 2.75) is 19.6 Å². The number of aryl methyl sites for hydroxylation is 1. The van der Waals surface area contributed by atoms with Crippen LogP contribution in [0.3, 0.4) is 0 Å². The Hall–Kier alpha value is -0.860. The van der Waals surface area contributed by atoms with Crippen LogP contribution in [0.25, 0.3) is 0 Å². The first kappa shape index (κ1) is 8.73. The van der Waals surface area contributed by atoms with Gasteiger partial charge in [-0.25, -0.2) is 0 Å². The van der Waals surface area contributed by atoms with Crippen LogP contribution in [0.5, 0.6) is 0 Å². The van der Waals surface area contributed by atoms with Crippen LogP contribution in [0.2, 0.25) is 0 Å². The van der Waals surface area contributed by atoms with Crippen LogP contribution >= 0.6 is 0 Å². The van der Waals surface area contributed by atoms with Crippen molar-refractivity contribution in [3.63, 3.8) is 0 Å². The van der Waals surface area contributed by atoms with Gasteiger partial charge in [0.1, 0.15) is 6.10 Å². The van der Waals surface area contributed by atoms with Gasteiger partial charge in [-0.1, -0.05) is 29.8 Å². The van der Waals surface area contributed by atoms with Gasteiger partial charge in [-0.15, -0.1) is 0 Å². The van der Waals surface area contributed by atoms with Crippen LogP contribution < -0.4 is 0 Å². The Morgan fingerprint density at radius 3 is 3.08 bits per heavy atom. The SMILES string of the molecule is Cc1cccc(COCC2CO2)c1. The lowest BCUT2D eigenvalue weighted by molar-refractivity contribution is 0.104. The molecule has 1 fully saturated rings. The van der Waals surface area contributed by atoms with E-state index in [-0.39, 0.29) is 0 Å². The molecule has 0 N–H and O–H groups in total. The molecule has 2 rings (SSSR count). The highest BCUT2D eigenvalue weighted by Crippen LogP contribution is 2.11. The van der Waals surface area contributed by atoms with E-state index in [0.717, 1.165) is 13.2 Å². The molecule has 1 heterocycles. The molecule has 70 valence electrons. The van der Waals surface area contributed by atoms with Gasteiger partial charge in [0.15, 0.2) is 0 Å². The molecule has 0 amide bonds. The predicted octanol–water partition coefficient (Wildman–Crippen LogP) is 1.91. The molecular formula is C11H14O2. The molecule has 0 saturated carbocycles. The fourth-order valence-corrected chi connectivity index (χ4v) is 1.27. The Balaban J connectivity index is 1.79. The standard InChI is InChI=1S/C11H14O2/c1-9-3-2-4-10(5-9)6-12-7-11-8-13-11/h2-5,11H,6-8H2,1H3. The Bertz CT molecular complexity index is 279. The largest absolute Gasteiger partial charge is 0.374 e. The van der Waals surface area contributed by atoms with E-state index in [1.807, 2.05) is 0 Å². The quantitative estimate of drug-likeness (QED) is 0.657. The fraction of sp³-hybridized carbons (Fsp3) is 0.455. The average Bonchev–Trinajstić information content (AvgIpc) is 2.88. The lowest BCUT2D eigenvalue weighted by Gasteiger charge is -2.02. The summed E-state index contributed by atoms with van der Waals surface area (Å²) in [7, 11) is 0. The third kappa shape index (κ3) is 2.83. The van der Waals surface area contributed by atoms with Crippen LogP contribution in [-0.2, 0) is 16.1 Å². The maximum atomic E-state index is 5.47. The smallest absolute Gasteiger partial charge is 0.104 e. The summed E-state index contributed by atoms with van der Waals surface area (Å²) in [6, 6.07) is 8.38. The van der Waals surface area contributed by atoms with Crippen LogP contribution in [0.1, 0.15) is 11.1 Å². The molecule has 0 aliphatic carbocycles. The van der Waals surface area contributed by atoms with E-state index in [9.17, 15) is 0 Å². The number of hydrogen-bond acceptors (Lipinski definition) is 2. The summed E-state index contributed by atoms with van der Waals surface area (Å²) in [5.74, 6) is 0. The van der Waals surface area contributed by atoms with Gasteiger partial charge in [0.2, 0.25) is 0 Å². The summed E-state index contributed by atoms with van der Waals surface area (Å²) in [4.78, 5) is 0. The molecule has 0 spiro atoms. The lowest BCUT2D eigenvalue weighted by Crippen LogP contribution is -2.01. The monoisotopic (exact) mass is 178 g/mol. The van der Waals surface area contributed by atoms with Gasteiger partial charge >= 0.3 is 0 Å². The minimum atomic E-state index is 0.366. The van der Waals surface area contributed by atoms with E-state index in [2.05, 4.69) is 31.2 Å². The molecule has 1 saturated heterocycles. The first-order valence-electron chi connectivity index (χ1n) is 4.59. The third-order valence-corrected chi connectivity index (χ3v) is 2.06. The molecule has 0 aromatic heterocycles. The van der Waals surface area contributed by atoms with E-state index >= 15 is 0 Å². The molecule has 2 heteroatoms. The Kier molecular flexibility index (Phi) is 2.62. The summed E-state index contributed by atoms with van der Waals surface area (Å²) >= 11 is 0. The van der Waals surface area contributed by atoms with Gasteiger partial charge in [-0.2, -0.15) is 0 Å². The van der Waals surface area contributed by atoms with Crippen molar-refractivity contribution < 1.29 is 9.47 Å². The maximum Gasteiger partial charge on any atom is 0.104 e. The molecule has 1 aliphatic heterocycles. The van der Waals surface area contributed by atoms with Gasteiger partial charge in [-0.3, -0.25) is 0 Å². The van der Waals surface area contributed by atoms with Gasteiger partial charge in [0.25, 0.3) is 0 Å². The average molecular weight is 178 g/mol. The molecular weight excluding hydrogens is 164 g/mol. The minimum Gasteiger partial charge on any atom is -0.374 e. The molecule has 2 nitrogen and oxygen atoms in total. The number of rotatable bonds is 4. The van der Waals surface area contributed by atoms with E-state index < -0.39 is 0 Å². The van der Waals surface area contributed by atoms with Crippen LogP contribution in [-0.4, -0.2) is 19.3 Å². The topological polar surface area (TPSA) is 21.8 Å². The van der Waals surface area contributed by atoms with E-state index in [1.54, 1.807) is 0 Å². The van der Waals surface area contributed by atoms with Crippen molar-refractivity contribution in [2.24, 2.45) is 0 Å². The second-order valence-electron chi connectivity index (χ2n) is 3.46. The summed E-state index contributed by atoms with van der Waals surface area (Å²) in [5, 5.41) is 0. The highest BCUT2D eigenvalue weighted by atomic mass is 16.6. The van der Waals surface area contributed by atoms with Crippen LogP contribution in [0.4, 0.5) is 0 Å². The molecule has 0 bridgehead atoms. The van der Waals surface area contributed by atoms with E-state index in [0.29, 0.717) is 12.7 Å². The first-order chi connectivity index (χ1) is 6.34. The van der Waals surface area contributed by atoms with Crippen LogP contribution in [0.15, 0.2) is 24.3 Å². The molecule has 0 radical (unpaired) electrons. The van der Waals surface area contributed by atoms with E-state index in [1.165, 1.54) is 11.1 Å². The van der Waals surface area contributed by atoms with Crippen molar-refractivity contribution in [3.8, 4) is 0 Å². The first-order valence-corrected chi connectivity index (χ1v) is 4.59. The third-order valence-electron chi connectivity index (χ3n) is 2.06. The van der Waals surface area contributed by atoms with Crippen LogP contribution in [0, 0.1) is 6.92 Å². The van der Waals surface area contributed by atoms with Crippen molar-refractivity contribution >= 4 is 0 Å². The summed E-state index contributed by atoms with van der Waals surface area (Å²) in [6.07, 6.45) is 0.366. The number of ether oxygens (including phenoxy) is 2. The lowest BCUT2D eigenvalue weighted by atomic mass is 10.1. The number of epoxide rings is 1. The zero-order valence-corrected chi connectivity index (χ0v) is 7.82. The summed E-state index contributed by atoms with van der Waals surface area (Å²) in [6.45, 7) is 4.39. The van der Waals surface area contributed by atoms with Gasteiger partial charge in [0.05, 0.1) is 19.8 Å². The van der Waals surface area contributed by atoms with Crippen molar-refractivity contribution in [1.29, 1.82) is 0 Å². The Morgan fingerprint density at radius 1 is 1.54 bits per heavy atom.